The summed E-state index contributed by atoms with van der Waals surface area (Å²) in [5, 5.41) is 17.3. The first kappa shape index (κ1) is 19.5. The molecule has 0 saturated carbocycles. The number of pyridine rings is 1. The number of carboxylic acids is 1. The molecule has 7 nitrogen and oxygen atoms in total. The highest BCUT2D eigenvalue weighted by Gasteiger charge is 2.25. The van der Waals surface area contributed by atoms with E-state index in [0.717, 1.165) is 11.1 Å². The van der Waals surface area contributed by atoms with Crippen molar-refractivity contribution in [1.82, 2.24) is 20.1 Å². The second-order valence-electron chi connectivity index (χ2n) is 7.32. The smallest absolute Gasteiger partial charge is 0.330 e. The Morgan fingerprint density at radius 2 is 1.82 bits per heavy atom. The molecule has 2 heterocycles. The number of nitrogens with zero attached hydrogens (tertiary/aromatic N) is 3. The Morgan fingerprint density at radius 1 is 1.11 bits per heavy atom. The Morgan fingerprint density at radius 3 is 2.43 bits per heavy atom. The van der Waals surface area contributed by atoms with E-state index in [4.69, 9.17) is 0 Å². The summed E-state index contributed by atoms with van der Waals surface area (Å²) in [6, 6.07) is 5.97. The zero-order chi connectivity index (χ0) is 20.6. The number of fused-ring (bicyclic) bond motifs is 1. The van der Waals surface area contributed by atoms with Crippen LogP contribution in [0.2, 0.25) is 0 Å². The quantitative estimate of drug-likeness (QED) is 0.706. The van der Waals surface area contributed by atoms with E-state index in [1.807, 2.05) is 33.8 Å². The van der Waals surface area contributed by atoms with Gasteiger partial charge in [-0.05, 0) is 57.4 Å². The van der Waals surface area contributed by atoms with E-state index in [2.05, 4.69) is 15.4 Å². The van der Waals surface area contributed by atoms with Gasteiger partial charge in [0.25, 0.3) is 5.91 Å². The Balaban J connectivity index is 2.01. The zero-order valence-electron chi connectivity index (χ0n) is 16.6. The van der Waals surface area contributed by atoms with Crippen molar-refractivity contribution in [3.05, 3.63) is 58.4 Å². The van der Waals surface area contributed by atoms with Crippen LogP contribution in [0.3, 0.4) is 0 Å². The van der Waals surface area contributed by atoms with Crippen LogP contribution < -0.4 is 5.32 Å². The summed E-state index contributed by atoms with van der Waals surface area (Å²) < 4.78 is 1.75. The van der Waals surface area contributed by atoms with E-state index >= 15 is 0 Å². The van der Waals surface area contributed by atoms with Crippen molar-refractivity contribution in [2.75, 3.05) is 0 Å². The van der Waals surface area contributed by atoms with E-state index in [1.165, 1.54) is 0 Å². The Bertz CT molecular complexity index is 1070. The fourth-order valence-electron chi connectivity index (χ4n) is 3.15. The summed E-state index contributed by atoms with van der Waals surface area (Å²) >= 11 is 0. The zero-order valence-corrected chi connectivity index (χ0v) is 16.6. The number of aliphatic carboxylic acids is 1. The van der Waals surface area contributed by atoms with Crippen molar-refractivity contribution in [2.24, 2.45) is 0 Å². The molecule has 28 heavy (non-hydrogen) atoms. The van der Waals surface area contributed by atoms with E-state index in [9.17, 15) is 14.7 Å². The van der Waals surface area contributed by atoms with Crippen molar-refractivity contribution >= 4 is 22.9 Å². The number of aromatic nitrogens is 3. The van der Waals surface area contributed by atoms with Gasteiger partial charge in [-0.1, -0.05) is 18.2 Å². The number of amides is 1. The number of carbonyl (C=O) groups is 2. The molecule has 146 valence electrons. The summed E-state index contributed by atoms with van der Waals surface area (Å²) in [6.07, 6.45) is 1.60. The summed E-state index contributed by atoms with van der Waals surface area (Å²) in [6.45, 7) is 9.63. The fraction of sp³-hybridized carbons (Fsp3) is 0.333. The standard InChI is InChI=1S/C21H24N4O3/c1-11(2)25-19-17(10-22-25)16(9-14(5)23-19)20(26)24-18(21(27)28)15-7-6-12(3)13(4)8-15/h6-11,18H,1-5H3,(H,24,26)(H,27,28). The molecular formula is C21H24N4O3. The molecule has 0 fully saturated rings. The average molecular weight is 380 g/mol. The van der Waals surface area contributed by atoms with Gasteiger partial charge in [-0.2, -0.15) is 5.10 Å². The number of carbonyl (C=O) groups excluding carboxylic acids is 1. The number of rotatable bonds is 5. The molecule has 7 heteroatoms. The first-order chi connectivity index (χ1) is 13.2. The lowest BCUT2D eigenvalue weighted by Gasteiger charge is -2.17. The molecule has 1 atom stereocenters. The Hall–Kier alpha value is -3.22. The van der Waals surface area contributed by atoms with Crippen molar-refractivity contribution in [3.63, 3.8) is 0 Å². The maximum Gasteiger partial charge on any atom is 0.330 e. The van der Waals surface area contributed by atoms with Gasteiger partial charge in [0, 0.05) is 11.7 Å². The molecule has 0 aliphatic carbocycles. The minimum atomic E-state index is -1.14. The molecule has 0 aliphatic heterocycles. The third-order valence-electron chi connectivity index (χ3n) is 4.82. The Kier molecular flexibility index (Phi) is 5.18. The predicted molar refractivity (Wildman–Crippen MR) is 106 cm³/mol. The molecule has 2 N–H and O–H groups in total. The average Bonchev–Trinajstić information content (AvgIpc) is 3.04. The van der Waals surface area contributed by atoms with Gasteiger partial charge >= 0.3 is 5.97 Å². The second-order valence-corrected chi connectivity index (χ2v) is 7.32. The predicted octanol–water partition coefficient (Wildman–Crippen LogP) is 3.49. The van der Waals surface area contributed by atoms with Crippen molar-refractivity contribution in [1.29, 1.82) is 0 Å². The first-order valence-corrected chi connectivity index (χ1v) is 9.14. The van der Waals surface area contributed by atoms with Crippen molar-refractivity contribution in [2.45, 2.75) is 46.7 Å². The van der Waals surface area contributed by atoms with E-state index in [-0.39, 0.29) is 6.04 Å². The number of nitrogens with one attached hydrogen (secondary N) is 1. The van der Waals surface area contributed by atoms with Crippen LogP contribution in [0, 0.1) is 20.8 Å². The third-order valence-corrected chi connectivity index (χ3v) is 4.82. The van der Waals surface area contributed by atoms with Gasteiger partial charge in [-0.3, -0.25) is 4.79 Å². The molecule has 1 aromatic carbocycles. The molecule has 3 aromatic rings. The van der Waals surface area contributed by atoms with Crippen molar-refractivity contribution < 1.29 is 14.7 Å². The highest BCUT2D eigenvalue weighted by molar-refractivity contribution is 6.06. The van der Waals surface area contributed by atoms with Crippen molar-refractivity contribution in [3.8, 4) is 0 Å². The minimum Gasteiger partial charge on any atom is -0.479 e. The number of hydrogen-bond acceptors (Lipinski definition) is 4. The highest BCUT2D eigenvalue weighted by atomic mass is 16.4. The van der Waals surface area contributed by atoms with E-state index in [1.54, 1.807) is 36.0 Å². The van der Waals surface area contributed by atoms with Crippen LogP contribution in [-0.4, -0.2) is 31.7 Å². The molecule has 1 amide bonds. The molecule has 0 radical (unpaired) electrons. The topological polar surface area (TPSA) is 97.1 Å². The van der Waals surface area contributed by atoms with Crippen LogP contribution in [0.15, 0.2) is 30.5 Å². The lowest BCUT2D eigenvalue weighted by Crippen LogP contribution is -2.34. The van der Waals surface area contributed by atoms with Gasteiger partial charge in [0.1, 0.15) is 0 Å². The number of carboxylic acid groups (broad SMARTS) is 1. The molecule has 1 unspecified atom stereocenters. The summed E-state index contributed by atoms with van der Waals surface area (Å²) in [7, 11) is 0. The maximum absolute atomic E-state index is 13.0. The minimum absolute atomic E-state index is 0.0880. The van der Waals surface area contributed by atoms with Crippen LogP contribution in [0.1, 0.15) is 58.7 Å². The fourth-order valence-corrected chi connectivity index (χ4v) is 3.15. The molecule has 0 bridgehead atoms. The van der Waals surface area contributed by atoms with E-state index < -0.39 is 17.9 Å². The first-order valence-electron chi connectivity index (χ1n) is 9.14. The summed E-state index contributed by atoms with van der Waals surface area (Å²) in [4.78, 5) is 29.3. The lowest BCUT2D eigenvalue weighted by atomic mass is 10.0. The molecule has 0 aliphatic rings. The van der Waals surface area contributed by atoms with Crippen LogP contribution in [0.5, 0.6) is 0 Å². The van der Waals surface area contributed by atoms with Gasteiger partial charge in [-0.15, -0.1) is 0 Å². The SMILES string of the molecule is Cc1cc(C(=O)NC(C(=O)O)c2ccc(C)c(C)c2)c2cnn(C(C)C)c2n1. The molecule has 2 aromatic heterocycles. The summed E-state index contributed by atoms with van der Waals surface area (Å²) in [5.74, 6) is -1.58. The number of aryl methyl sites for hydroxylation is 3. The van der Waals surface area contributed by atoms with Crippen LogP contribution in [0.4, 0.5) is 0 Å². The Labute approximate surface area is 163 Å². The maximum atomic E-state index is 13.0. The monoisotopic (exact) mass is 380 g/mol. The lowest BCUT2D eigenvalue weighted by molar-refractivity contribution is -0.139. The molecule has 0 spiro atoms. The molecule has 3 rings (SSSR count). The largest absolute Gasteiger partial charge is 0.479 e. The van der Waals surface area contributed by atoms with Gasteiger partial charge in [0.15, 0.2) is 11.7 Å². The molecular weight excluding hydrogens is 356 g/mol. The second kappa shape index (κ2) is 7.42. The summed E-state index contributed by atoms with van der Waals surface area (Å²) in [5.41, 5.74) is 4.20. The van der Waals surface area contributed by atoms with Gasteiger partial charge < -0.3 is 10.4 Å². The van der Waals surface area contributed by atoms with Gasteiger partial charge in [0.05, 0.1) is 17.1 Å². The van der Waals surface area contributed by atoms with Crippen LogP contribution in [0.25, 0.3) is 11.0 Å². The third kappa shape index (κ3) is 3.60. The van der Waals surface area contributed by atoms with Crippen LogP contribution in [-0.2, 0) is 4.79 Å². The van der Waals surface area contributed by atoms with Crippen LogP contribution >= 0.6 is 0 Å². The van der Waals surface area contributed by atoms with Gasteiger partial charge in [0.2, 0.25) is 0 Å². The highest BCUT2D eigenvalue weighted by Crippen LogP contribution is 2.23. The number of hydrogen-bond donors (Lipinski definition) is 2. The number of benzene rings is 1. The normalized spacial score (nSPS) is 12.4. The van der Waals surface area contributed by atoms with E-state index in [0.29, 0.717) is 27.9 Å². The molecule has 0 saturated heterocycles. The van der Waals surface area contributed by atoms with Gasteiger partial charge in [-0.25, -0.2) is 14.5 Å².